The molecule has 0 radical (unpaired) electrons. The monoisotopic (exact) mass is 402 g/mol. The number of ketones is 1. The van der Waals surface area contributed by atoms with E-state index in [0.717, 1.165) is 17.0 Å². The molecule has 1 atom stereocenters. The molecular formula is C18H18N4O7. The van der Waals surface area contributed by atoms with Crippen LogP contribution in [-0.4, -0.2) is 39.3 Å². The number of allylic oxidation sites excluding steroid dienone is 1. The lowest BCUT2D eigenvalue weighted by Crippen LogP contribution is -2.57. The molecule has 1 aromatic carbocycles. The van der Waals surface area contributed by atoms with Crippen molar-refractivity contribution in [2.24, 2.45) is 11.1 Å². The third kappa shape index (κ3) is 3.14. The van der Waals surface area contributed by atoms with Crippen LogP contribution in [0.5, 0.6) is 0 Å². The molecule has 29 heavy (non-hydrogen) atoms. The Morgan fingerprint density at radius 3 is 2.31 bits per heavy atom. The fraction of sp³-hybridized carbons (Fsp3) is 0.333. The van der Waals surface area contributed by atoms with Gasteiger partial charge in [-0.05, 0) is 24.0 Å². The quantitative estimate of drug-likeness (QED) is 0.375. The number of hydrogen-bond acceptors (Lipinski definition) is 7. The predicted octanol–water partition coefficient (Wildman–Crippen LogP) is 0.511. The third-order valence-electron chi connectivity index (χ3n) is 4.88. The largest absolute Gasteiger partial charge is 0.368 e. The van der Waals surface area contributed by atoms with E-state index in [-0.39, 0.29) is 29.9 Å². The first kappa shape index (κ1) is 20.1. The van der Waals surface area contributed by atoms with Crippen LogP contribution in [0.15, 0.2) is 35.5 Å². The van der Waals surface area contributed by atoms with Gasteiger partial charge in [-0.15, -0.1) is 0 Å². The Balaban J connectivity index is 2.18. The van der Waals surface area contributed by atoms with E-state index in [4.69, 9.17) is 5.73 Å². The number of anilines is 1. The van der Waals surface area contributed by atoms with Gasteiger partial charge in [-0.3, -0.25) is 34.7 Å². The van der Waals surface area contributed by atoms with Crippen LogP contribution in [0, 0.1) is 15.5 Å². The highest BCUT2D eigenvalue weighted by Gasteiger charge is 2.61. The zero-order chi connectivity index (χ0) is 21.7. The van der Waals surface area contributed by atoms with Gasteiger partial charge in [-0.25, -0.2) is 4.79 Å². The molecule has 1 aliphatic heterocycles. The maximum absolute atomic E-state index is 13.1. The van der Waals surface area contributed by atoms with Crippen LogP contribution in [0.25, 0.3) is 0 Å². The number of benzene rings is 1. The number of nitrogens with zero attached hydrogens (tertiary/aromatic N) is 2. The van der Waals surface area contributed by atoms with Gasteiger partial charge in [0.15, 0.2) is 5.78 Å². The normalized spacial score (nSPS) is 23.1. The van der Waals surface area contributed by atoms with Crippen LogP contribution >= 0.6 is 0 Å². The summed E-state index contributed by atoms with van der Waals surface area (Å²) in [4.78, 5) is 60.7. The molecule has 1 aliphatic carbocycles. The summed E-state index contributed by atoms with van der Waals surface area (Å²) in [5, 5.41) is 23.5. The summed E-state index contributed by atoms with van der Waals surface area (Å²) in [6.45, 7) is 3.57. The van der Waals surface area contributed by atoms with E-state index in [9.17, 15) is 34.4 Å². The Kier molecular flexibility index (Phi) is 4.50. The van der Waals surface area contributed by atoms with Gasteiger partial charge in [0.1, 0.15) is 0 Å². The number of nitrogens with one attached hydrogen (secondary N) is 1. The number of amides is 4. The molecule has 1 unspecified atom stereocenters. The van der Waals surface area contributed by atoms with E-state index in [0.29, 0.717) is 0 Å². The van der Waals surface area contributed by atoms with E-state index >= 15 is 0 Å². The smallest absolute Gasteiger partial charge is 0.318 e. The van der Waals surface area contributed by atoms with Crippen LogP contribution in [0.2, 0.25) is 0 Å². The number of Topliss-reactive ketones (excluding diaryl/α,β-unsaturated/α-hetero) is 1. The van der Waals surface area contributed by atoms with Crippen LogP contribution in [0.4, 0.5) is 16.2 Å². The zero-order valence-corrected chi connectivity index (χ0v) is 15.6. The lowest BCUT2D eigenvalue weighted by atomic mass is 9.73. The van der Waals surface area contributed by atoms with Gasteiger partial charge in [0, 0.05) is 29.9 Å². The van der Waals surface area contributed by atoms with Crippen molar-refractivity contribution >= 4 is 35.0 Å². The minimum Gasteiger partial charge on any atom is -0.368 e. The summed E-state index contributed by atoms with van der Waals surface area (Å²) >= 11 is 0. The van der Waals surface area contributed by atoms with Crippen molar-refractivity contribution in [3.63, 3.8) is 0 Å². The van der Waals surface area contributed by atoms with Crippen molar-refractivity contribution in [1.29, 1.82) is 0 Å². The molecule has 0 aromatic heterocycles. The molecule has 0 bridgehead atoms. The maximum atomic E-state index is 13.1. The first-order valence-corrected chi connectivity index (χ1v) is 8.57. The fourth-order valence-electron chi connectivity index (χ4n) is 3.69. The van der Waals surface area contributed by atoms with Gasteiger partial charge in [0.05, 0.1) is 10.5 Å². The number of nitrogens with two attached hydrogens (primary N) is 1. The molecule has 0 saturated carbocycles. The average molecular weight is 402 g/mol. The predicted molar refractivity (Wildman–Crippen MR) is 98.3 cm³/mol. The maximum Gasteiger partial charge on any atom is 0.318 e. The zero-order valence-electron chi connectivity index (χ0n) is 15.6. The number of nitro groups is 1. The molecule has 152 valence electrons. The fourth-order valence-corrected chi connectivity index (χ4v) is 3.69. The standard InChI is InChI=1S/C18H18N4O7/c1-17(2)7-11-13(12(23)8-17)18(27,14(24)20-16(19)26)15(25)21(11)9-3-5-10(6-4-9)22(28)29/h3-6,27H,7-8H2,1-2H3,(H3,19,20,24,26). The summed E-state index contributed by atoms with van der Waals surface area (Å²) in [7, 11) is 0. The number of imide groups is 1. The first-order valence-electron chi connectivity index (χ1n) is 8.57. The number of non-ortho nitro benzene ring substituents is 1. The Morgan fingerprint density at radius 2 is 1.79 bits per heavy atom. The molecule has 0 saturated heterocycles. The van der Waals surface area contributed by atoms with Crippen molar-refractivity contribution in [1.82, 2.24) is 5.32 Å². The van der Waals surface area contributed by atoms with E-state index in [1.54, 1.807) is 19.2 Å². The summed E-state index contributed by atoms with van der Waals surface area (Å²) < 4.78 is 0. The van der Waals surface area contributed by atoms with Gasteiger partial charge in [-0.2, -0.15) is 0 Å². The number of nitro benzene ring substituents is 1. The second kappa shape index (κ2) is 6.48. The molecule has 4 N–H and O–H groups in total. The Morgan fingerprint density at radius 1 is 1.21 bits per heavy atom. The minimum absolute atomic E-state index is 0.0284. The molecule has 1 heterocycles. The van der Waals surface area contributed by atoms with Gasteiger partial charge in [0.25, 0.3) is 23.1 Å². The lowest BCUT2D eigenvalue weighted by molar-refractivity contribution is -0.384. The van der Waals surface area contributed by atoms with Crippen LogP contribution in [-0.2, 0) is 14.4 Å². The highest BCUT2D eigenvalue weighted by Crippen LogP contribution is 2.48. The molecule has 11 heteroatoms. The van der Waals surface area contributed by atoms with Gasteiger partial charge in [-0.1, -0.05) is 13.8 Å². The lowest BCUT2D eigenvalue weighted by Gasteiger charge is -2.32. The second-order valence-electron chi connectivity index (χ2n) is 7.71. The van der Waals surface area contributed by atoms with Crippen molar-refractivity contribution in [3.05, 3.63) is 45.6 Å². The van der Waals surface area contributed by atoms with Crippen molar-refractivity contribution in [2.75, 3.05) is 4.90 Å². The number of rotatable bonds is 3. The highest BCUT2D eigenvalue weighted by atomic mass is 16.6. The topological polar surface area (TPSA) is 173 Å². The molecule has 2 aliphatic rings. The summed E-state index contributed by atoms with van der Waals surface area (Å²) in [5.41, 5.74) is 1.02. The molecule has 0 spiro atoms. The molecule has 1 aromatic rings. The molecule has 11 nitrogen and oxygen atoms in total. The SMILES string of the molecule is CC1(C)CC(=O)C2=C(C1)N(c1ccc([N+](=O)[O-])cc1)C(=O)C2(O)C(=O)NC(N)=O. The Hall–Kier alpha value is -3.60. The van der Waals surface area contributed by atoms with Crippen molar-refractivity contribution < 1.29 is 29.2 Å². The van der Waals surface area contributed by atoms with Crippen LogP contribution in [0.1, 0.15) is 26.7 Å². The van der Waals surface area contributed by atoms with Gasteiger partial charge >= 0.3 is 6.03 Å². The number of primary amides is 1. The highest BCUT2D eigenvalue weighted by molar-refractivity contribution is 6.29. The van der Waals surface area contributed by atoms with Crippen LogP contribution < -0.4 is 16.0 Å². The number of aliphatic hydroxyl groups is 1. The molecule has 4 amide bonds. The van der Waals surface area contributed by atoms with E-state index in [2.05, 4.69) is 0 Å². The molecule has 0 fully saturated rings. The molecular weight excluding hydrogens is 384 g/mol. The van der Waals surface area contributed by atoms with Crippen LogP contribution in [0.3, 0.4) is 0 Å². The summed E-state index contributed by atoms with van der Waals surface area (Å²) in [6.07, 6.45) is 0.141. The second-order valence-corrected chi connectivity index (χ2v) is 7.71. The van der Waals surface area contributed by atoms with Crippen molar-refractivity contribution in [3.8, 4) is 0 Å². The average Bonchev–Trinajstić information content (AvgIpc) is 2.81. The first-order chi connectivity index (χ1) is 13.4. The van der Waals surface area contributed by atoms with E-state index in [1.165, 1.54) is 12.1 Å². The third-order valence-corrected chi connectivity index (χ3v) is 4.88. The Labute approximate surface area is 164 Å². The van der Waals surface area contributed by atoms with Gasteiger partial charge in [0.2, 0.25) is 0 Å². The number of carbonyl (C=O) groups is 4. The number of urea groups is 1. The number of hydrogen-bond donors (Lipinski definition) is 3. The minimum atomic E-state index is -2.93. The van der Waals surface area contributed by atoms with Gasteiger partial charge < -0.3 is 10.8 Å². The van der Waals surface area contributed by atoms with E-state index in [1.807, 2.05) is 0 Å². The number of carbonyl (C=O) groups excluding carboxylic acids is 4. The Bertz CT molecular complexity index is 996. The van der Waals surface area contributed by atoms with Crippen molar-refractivity contribution in [2.45, 2.75) is 32.3 Å². The van der Waals surface area contributed by atoms with E-state index < -0.39 is 45.1 Å². The molecule has 3 rings (SSSR count). The summed E-state index contributed by atoms with van der Waals surface area (Å²) in [5.74, 6) is -3.21. The summed E-state index contributed by atoms with van der Waals surface area (Å²) in [6, 6.07) is 3.55.